The Morgan fingerprint density at radius 3 is 2.68 bits per heavy atom. The molecule has 8 heteroatoms. The molecule has 4 rings (SSSR count). The smallest absolute Gasteiger partial charge is 0.193 e. The van der Waals surface area contributed by atoms with E-state index in [1.807, 2.05) is 7.05 Å². The third-order valence-electron chi connectivity index (χ3n) is 6.58. The highest BCUT2D eigenvalue weighted by atomic mass is 127. The summed E-state index contributed by atoms with van der Waals surface area (Å²) in [5.41, 5.74) is 1.37. The Kier molecular flexibility index (Phi) is 9.76. The highest BCUT2D eigenvalue weighted by Gasteiger charge is 2.41. The normalized spacial score (nSPS) is 26.3. The Hall–Kier alpha value is -0.550. The van der Waals surface area contributed by atoms with E-state index >= 15 is 0 Å². The van der Waals surface area contributed by atoms with Crippen LogP contribution in [0, 0.1) is 0 Å². The quantitative estimate of drug-likeness (QED) is 0.328. The van der Waals surface area contributed by atoms with Crippen LogP contribution >= 0.6 is 35.7 Å². The molecule has 2 unspecified atom stereocenters. The molecule has 1 aromatic carbocycles. The van der Waals surface area contributed by atoms with E-state index in [1.54, 1.807) is 0 Å². The lowest BCUT2D eigenvalue weighted by molar-refractivity contribution is -0.0502. The van der Waals surface area contributed by atoms with Gasteiger partial charge in [-0.2, -0.15) is 11.8 Å². The van der Waals surface area contributed by atoms with Crippen LogP contribution in [0.1, 0.15) is 25.3 Å². The Morgan fingerprint density at radius 1 is 1.19 bits per heavy atom. The van der Waals surface area contributed by atoms with Crippen molar-refractivity contribution >= 4 is 41.7 Å². The fourth-order valence-corrected chi connectivity index (χ4v) is 6.18. The molecule has 0 aliphatic carbocycles. The molecular weight excluding hydrogens is 523 g/mol. The van der Waals surface area contributed by atoms with Gasteiger partial charge in [0.05, 0.1) is 18.8 Å². The number of rotatable bonds is 6. The molecule has 0 saturated carbocycles. The molecule has 3 fully saturated rings. The Labute approximate surface area is 208 Å². The van der Waals surface area contributed by atoms with Gasteiger partial charge in [0.15, 0.2) is 5.96 Å². The number of nitrogens with zero attached hydrogens (tertiary/aromatic N) is 3. The van der Waals surface area contributed by atoms with Gasteiger partial charge < -0.3 is 19.7 Å². The molecule has 3 aliphatic rings. The number of aliphatic imine (C=N–C) groups is 1. The first-order chi connectivity index (χ1) is 14.7. The van der Waals surface area contributed by atoms with Crippen LogP contribution in [0.2, 0.25) is 0 Å². The van der Waals surface area contributed by atoms with Crippen LogP contribution in [0.15, 0.2) is 35.3 Å². The Bertz CT molecular complexity index is 697. The minimum Gasteiger partial charge on any atom is -0.381 e. The largest absolute Gasteiger partial charge is 0.381 e. The third kappa shape index (κ3) is 6.28. The van der Waals surface area contributed by atoms with E-state index in [9.17, 15) is 0 Å². The van der Waals surface area contributed by atoms with E-state index < -0.39 is 0 Å². The first-order valence-electron chi connectivity index (χ1n) is 11.3. The fourth-order valence-electron chi connectivity index (χ4n) is 4.94. The molecule has 0 radical (unpaired) electrons. The molecule has 31 heavy (non-hydrogen) atoms. The summed E-state index contributed by atoms with van der Waals surface area (Å²) in [6.07, 6.45) is 2.46. The first kappa shape index (κ1) is 25.1. The predicted molar refractivity (Wildman–Crippen MR) is 140 cm³/mol. The van der Waals surface area contributed by atoms with Crippen LogP contribution in [0.25, 0.3) is 0 Å². The molecule has 6 nitrogen and oxygen atoms in total. The summed E-state index contributed by atoms with van der Waals surface area (Å²) < 4.78 is 12.0. The lowest BCUT2D eigenvalue weighted by atomic mass is 9.99. The number of ether oxygens (including phenoxy) is 2. The summed E-state index contributed by atoms with van der Waals surface area (Å²) in [6.45, 7) is 9.59. The van der Waals surface area contributed by atoms with Gasteiger partial charge in [0, 0.05) is 57.7 Å². The average Bonchev–Trinajstić information content (AvgIpc) is 3.21. The molecular formula is C23H37IN4O2S. The van der Waals surface area contributed by atoms with Crippen molar-refractivity contribution in [2.45, 2.75) is 43.2 Å². The zero-order valence-corrected chi connectivity index (χ0v) is 21.9. The lowest BCUT2D eigenvalue weighted by Gasteiger charge is -2.37. The van der Waals surface area contributed by atoms with E-state index in [-0.39, 0.29) is 34.8 Å². The Balaban J connectivity index is 0.00000272. The van der Waals surface area contributed by atoms with Crippen molar-refractivity contribution in [2.75, 3.05) is 58.8 Å². The van der Waals surface area contributed by atoms with Crippen LogP contribution in [0.4, 0.5) is 0 Å². The van der Waals surface area contributed by atoms with Crippen molar-refractivity contribution < 1.29 is 9.47 Å². The molecule has 1 N–H and O–H groups in total. The topological polar surface area (TPSA) is 49.3 Å². The monoisotopic (exact) mass is 560 g/mol. The minimum absolute atomic E-state index is 0. The van der Waals surface area contributed by atoms with Crippen molar-refractivity contribution in [1.29, 1.82) is 0 Å². The number of thioether (sulfide) groups is 1. The van der Waals surface area contributed by atoms with Gasteiger partial charge in [-0.05, 0) is 24.2 Å². The van der Waals surface area contributed by atoms with Crippen LogP contribution in [0.5, 0.6) is 0 Å². The number of hydrogen-bond acceptors (Lipinski definition) is 5. The van der Waals surface area contributed by atoms with Gasteiger partial charge in [0.2, 0.25) is 0 Å². The van der Waals surface area contributed by atoms with E-state index in [2.05, 4.69) is 69.1 Å². The van der Waals surface area contributed by atoms with E-state index in [1.165, 1.54) is 5.56 Å². The highest BCUT2D eigenvalue weighted by molar-refractivity contribution is 14.0. The molecule has 1 aromatic rings. The van der Waals surface area contributed by atoms with Gasteiger partial charge in [-0.3, -0.25) is 9.89 Å². The number of fused-ring (bicyclic) bond motifs is 1. The molecule has 0 bridgehead atoms. The van der Waals surface area contributed by atoms with Crippen molar-refractivity contribution in [3.63, 3.8) is 0 Å². The summed E-state index contributed by atoms with van der Waals surface area (Å²) in [5.74, 6) is 2.14. The molecule has 3 saturated heterocycles. The van der Waals surface area contributed by atoms with Crippen molar-refractivity contribution in [3.05, 3.63) is 35.9 Å². The maximum atomic E-state index is 6.16. The number of benzene rings is 1. The molecule has 0 aromatic heterocycles. The second-order valence-corrected chi connectivity index (χ2v) is 10.2. The van der Waals surface area contributed by atoms with Crippen molar-refractivity contribution in [3.8, 4) is 0 Å². The van der Waals surface area contributed by atoms with Crippen LogP contribution in [-0.4, -0.2) is 91.5 Å². The van der Waals surface area contributed by atoms with Crippen LogP contribution in [-0.2, 0) is 16.0 Å². The van der Waals surface area contributed by atoms with E-state index in [0.717, 1.165) is 77.1 Å². The second-order valence-electron chi connectivity index (χ2n) is 8.47. The zero-order chi connectivity index (χ0) is 20.8. The van der Waals surface area contributed by atoms with Crippen LogP contribution < -0.4 is 5.32 Å². The van der Waals surface area contributed by atoms with Gasteiger partial charge in [-0.15, -0.1) is 24.0 Å². The fraction of sp³-hybridized carbons (Fsp3) is 0.696. The zero-order valence-electron chi connectivity index (χ0n) is 18.8. The summed E-state index contributed by atoms with van der Waals surface area (Å²) in [6, 6.07) is 11.2. The number of guanidine groups is 1. The molecule has 174 valence electrons. The van der Waals surface area contributed by atoms with E-state index in [4.69, 9.17) is 9.47 Å². The van der Waals surface area contributed by atoms with E-state index in [0.29, 0.717) is 6.04 Å². The van der Waals surface area contributed by atoms with Crippen LogP contribution in [0.3, 0.4) is 0 Å². The van der Waals surface area contributed by atoms with Gasteiger partial charge in [0.25, 0.3) is 0 Å². The number of nitrogens with one attached hydrogen (secondary N) is 1. The standard InChI is InChI=1S/C23H36N4O2S.HI/c1-3-30-23(9-12-28-13-10-23)18-25-22(24-2)27-16-20-21(17-27)29-14-11-26(20)15-19-7-5-4-6-8-19;/h4-8,20-21H,3,9-18H2,1-2H3,(H,24,25);1H. The van der Waals surface area contributed by atoms with Crippen molar-refractivity contribution in [2.24, 2.45) is 4.99 Å². The Morgan fingerprint density at radius 2 is 1.97 bits per heavy atom. The summed E-state index contributed by atoms with van der Waals surface area (Å²) in [4.78, 5) is 9.61. The number of morpholine rings is 1. The van der Waals surface area contributed by atoms with Gasteiger partial charge in [-0.1, -0.05) is 37.3 Å². The van der Waals surface area contributed by atoms with Crippen molar-refractivity contribution in [1.82, 2.24) is 15.1 Å². The maximum Gasteiger partial charge on any atom is 0.193 e. The maximum absolute atomic E-state index is 6.16. The predicted octanol–water partition coefficient (Wildman–Crippen LogP) is 3.07. The highest BCUT2D eigenvalue weighted by Crippen LogP contribution is 2.35. The summed E-state index contributed by atoms with van der Waals surface area (Å²) in [5, 5.41) is 3.71. The number of likely N-dealkylation sites (tertiary alicyclic amines) is 1. The number of halogens is 1. The average molecular weight is 561 g/mol. The first-order valence-corrected chi connectivity index (χ1v) is 12.3. The molecule has 3 aliphatic heterocycles. The minimum atomic E-state index is 0. The lowest BCUT2D eigenvalue weighted by Crippen LogP contribution is -2.50. The second kappa shape index (κ2) is 12.1. The van der Waals surface area contributed by atoms with Gasteiger partial charge in [0.1, 0.15) is 0 Å². The van der Waals surface area contributed by atoms with Gasteiger partial charge >= 0.3 is 0 Å². The number of hydrogen-bond donors (Lipinski definition) is 1. The van der Waals surface area contributed by atoms with Gasteiger partial charge in [-0.25, -0.2) is 0 Å². The third-order valence-corrected chi connectivity index (χ3v) is 8.03. The summed E-state index contributed by atoms with van der Waals surface area (Å²) in [7, 11) is 1.90. The molecule has 3 heterocycles. The SMILES string of the molecule is CCSC1(CNC(=NC)N2CC3OCCN(Cc4ccccc4)C3C2)CCOCC1.I. The molecule has 2 atom stereocenters. The molecule has 0 amide bonds. The molecule has 0 spiro atoms. The summed E-state index contributed by atoms with van der Waals surface area (Å²) >= 11 is 2.07.